The van der Waals surface area contributed by atoms with Gasteiger partial charge in [0, 0.05) is 5.02 Å². The Morgan fingerprint density at radius 3 is 2.61 bits per heavy atom. The minimum atomic E-state index is -0.550. The van der Waals surface area contributed by atoms with Crippen LogP contribution in [0.25, 0.3) is 11.4 Å². The second kappa shape index (κ2) is 8.75. The molecule has 0 saturated heterocycles. The average molecular weight is 403 g/mol. The number of carbonyl (C=O) groups excluding carboxylic acids is 1. The first-order valence-corrected chi connectivity index (χ1v) is 8.87. The van der Waals surface area contributed by atoms with Gasteiger partial charge in [-0.3, -0.25) is 0 Å². The summed E-state index contributed by atoms with van der Waals surface area (Å²) in [7, 11) is 1.56. The van der Waals surface area contributed by atoms with Crippen LogP contribution in [0, 0.1) is 13.8 Å². The van der Waals surface area contributed by atoms with Gasteiger partial charge in [-0.2, -0.15) is 4.98 Å². The van der Waals surface area contributed by atoms with Crippen LogP contribution in [0.15, 0.2) is 40.9 Å². The minimum Gasteiger partial charge on any atom is -0.496 e. The fraction of sp³-hybridized carbons (Fsp3) is 0.250. The molecule has 0 atom stereocenters. The van der Waals surface area contributed by atoms with Gasteiger partial charge in [0.25, 0.3) is 5.89 Å². The Bertz CT molecular complexity index is 963. The smallest absolute Gasteiger partial charge is 0.344 e. The molecule has 2 aromatic carbocycles. The lowest BCUT2D eigenvalue weighted by Crippen LogP contribution is -2.15. The van der Waals surface area contributed by atoms with Crippen LogP contribution in [-0.2, 0) is 16.1 Å². The van der Waals surface area contributed by atoms with E-state index in [2.05, 4.69) is 10.1 Å². The van der Waals surface area contributed by atoms with Crippen LogP contribution in [0.4, 0.5) is 0 Å². The maximum absolute atomic E-state index is 12.0. The van der Waals surface area contributed by atoms with Gasteiger partial charge in [0.2, 0.25) is 5.82 Å². The number of para-hydroxylation sites is 1. The van der Waals surface area contributed by atoms with Crippen LogP contribution < -0.4 is 9.47 Å². The van der Waals surface area contributed by atoms with E-state index < -0.39 is 5.97 Å². The lowest BCUT2D eigenvalue weighted by Gasteiger charge is -2.11. The largest absolute Gasteiger partial charge is 0.496 e. The molecule has 0 N–H and O–H groups in total. The zero-order valence-electron chi connectivity index (χ0n) is 15.7. The standard InChI is InChI=1S/C20H19ClN2O5/c1-12-8-14(21)9-13(2)19(12)27-11-18(24)26-10-17-22-20(23-28-17)15-6-4-5-7-16(15)25-3/h4-9H,10-11H2,1-3H3. The zero-order valence-corrected chi connectivity index (χ0v) is 16.4. The van der Waals surface area contributed by atoms with Gasteiger partial charge >= 0.3 is 5.97 Å². The Hall–Kier alpha value is -3.06. The second-order valence-corrected chi connectivity index (χ2v) is 6.47. The number of esters is 1. The average Bonchev–Trinajstić information content (AvgIpc) is 3.14. The lowest BCUT2D eigenvalue weighted by atomic mass is 10.1. The van der Waals surface area contributed by atoms with Crippen LogP contribution in [-0.4, -0.2) is 29.8 Å². The van der Waals surface area contributed by atoms with Crippen molar-refractivity contribution < 1.29 is 23.5 Å². The van der Waals surface area contributed by atoms with Gasteiger partial charge < -0.3 is 18.7 Å². The maximum atomic E-state index is 12.0. The molecule has 0 bridgehead atoms. The normalized spacial score (nSPS) is 10.6. The fourth-order valence-electron chi connectivity index (χ4n) is 2.69. The second-order valence-electron chi connectivity index (χ2n) is 6.03. The Morgan fingerprint density at radius 1 is 1.18 bits per heavy atom. The number of aromatic nitrogens is 2. The molecule has 0 saturated carbocycles. The third kappa shape index (κ3) is 4.61. The molecule has 0 aliphatic carbocycles. The molecule has 0 unspecified atom stereocenters. The van der Waals surface area contributed by atoms with Crippen molar-refractivity contribution >= 4 is 17.6 Å². The maximum Gasteiger partial charge on any atom is 0.344 e. The monoisotopic (exact) mass is 402 g/mol. The molecule has 1 heterocycles. The molecule has 0 spiro atoms. The van der Waals surface area contributed by atoms with Gasteiger partial charge in [-0.1, -0.05) is 28.9 Å². The van der Waals surface area contributed by atoms with Crippen LogP contribution in [0.5, 0.6) is 11.5 Å². The summed E-state index contributed by atoms with van der Waals surface area (Å²) >= 11 is 5.99. The molecule has 0 aliphatic rings. The third-order valence-electron chi connectivity index (χ3n) is 3.93. The summed E-state index contributed by atoms with van der Waals surface area (Å²) in [6.45, 7) is 3.33. The summed E-state index contributed by atoms with van der Waals surface area (Å²) in [5.41, 5.74) is 2.37. The molecule has 28 heavy (non-hydrogen) atoms. The predicted octanol–water partition coefficient (Wildman–Crippen LogP) is 4.14. The summed E-state index contributed by atoms with van der Waals surface area (Å²) in [5, 5.41) is 4.51. The summed E-state index contributed by atoms with van der Waals surface area (Å²) in [5.74, 6) is 1.21. The molecule has 1 aromatic heterocycles. The molecule has 7 nitrogen and oxygen atoms in total. The third-order valence-corrected chi connectivity index (χ3v) is 4.15. The fourth-order valence-corrected chi connectivity index (χ4v) is 3.02. The van der Waals surface area contributed by atoms with Crippen LogP contribution in [0.3, 0.4) is 0 Å². The molecule has 3 aromatic rings. The van der Waals surface area contributed by atoms with E-state index in [9.17, 15) is 4.79 Å². The van der Waals surface area contributed by atoms with E-state index in [-0.39, 0.29) is 19.1 Å². The van der Waals surface area contributed by atoms with E-state index in [0.717, 1.165) is 11.1 Å². The number of hydrogen-bond donors (Lipinski definition) is 0. The quantitative estimate of drug-likeness (QED) is 0.549. The van der Waals surface area contributed by atoms with Gasteiger partial charge in [0.1, 0.15) is 11.5 Å². The van der Waals surface area contributed by atoms with Crippen LogP contribution in [0.2, 0.25) is 5.02 Å². The first-order valence-electron chi connectivity index (χ1n) is 8.49. The molecule has 0 aliphatic heterocycles. The summed E-state index contributed by atoms with van der Waals surface area (Å²) in [6, 6.07) is 10.8. The van der Waals surface area contributed by atoms with Gasteiger partial charge in [0.05, 0.1) is 12.7 Å². The van der Waals surface area contributed by atoms with E-state index >= 15 is 0 Å². The van der Waals surface area contributed by atoms with Gasteiger partial charge in [0.15, 0.2) is 13.2 Å². The SMILES string of the molecule is COc1ccccc1-c1noc(COC(=O)COc2c(C)cc(Cl)cc2C)n1. The number of hydrogen-bond acceptors (Lipinski definition) is 7. The minimum absolute atomic E-state index is 0.150. The zero-order chi connectivity index (χ0) is 20.1. The number of benzene rings is 2. The summed E-state index contributed by atoms with van der Waals surface area (Å²) in [4.78, 5) is 16.2. The molecular formula is C20H19ClN2O5. The predicted molar refractivity (Wildman–Crippen MR) is 103 cm³/mol. The van der Waals surface area contributed by atoms with E-state index in [4.69, 9.17) is 30.3 Å². The highest BCUT2D eigenvalue weighted by Crippen LogP contribution is 2.28. The molecule has 146 valence electrons. The Labute approximate surface area is 167 Å². The van der Waals surface area contributed by atoms with Crippen molar-refractivity contribution in [3.63, 3.8) is 0 Å². The highest BCUT2D eigenvalue weighted by atomic mass is 35.5. The highest BCUT2D eigenvalue weighted by Gasteiger charge is 2.15. The van der Waals surface area contributed by atoms with Crippen molar-refractivity contribution in [2.24, 2.45) is 0 Å². The Balaban J connectivity index is 1.56. The first kappa shape index (κ1) is 19.7. The van der Waals surface area contributed by atoms with E-state index in [1.807, 2.05) is 32.0 Å². The highest BCUT2D eigenvalue weighted by molar-refractivity contribution is 6.30. The first-order chi connectivity index (χ1) is 13.5. The van der Waals surface area contributed by atoms with Crippen molar-refractivity contribution in [3.8, 4) is 22.9 Å². The molecule has 8 heteroatoms. The summed E-state index contributed by atoms with van der Waals surface area (Å²) < 4.78 is 21.1. The number of halogens is 1. The number of aryl methyl sites for hydroxylation is 2. The van der Waals surface area contributed by atoms with Crippen LogP contribution >= 0.6 is 11.6 Å². The van der Waals surface area contributed by atoms with Crippen molar-refractivity contribution in [3.05, 3.63) is 58.4 Å². The Morgan fingerprint density at radius 2 is 1.89 bits per heavy atom. The topological polar surface area (TPSA) is 83.7 Å². The number of carbonyl (C=O) groups is 1. The van der Waals surface area contributed by atoms with E-state index in [1.54, 1.807) is 25.3 Å². The Kier molecular flexibility index (Phi) is 6.16. The number of rotatable bonds is 7. The molecular weight excluding hydrogens is 384 g/mol. The van der Waals surface area contributed by atoms with E-state index in [1.165, 1.54) is 0 Å². The van der Waals surface area contributed by atoms with E-state index in [0.29, 0.717) is 27.9 Å². The van der Waals surface area contributed by atoms with Crippen molar-refractivity contribution in [2.75, 3.05) is 13.7 Å². The summed E-state index contributed by atoms with van der Waals surface area (Å²) in [6.07, 6.45) is 0. The van der Waals surface area contributed by atoms with Crippen molar-refractivity contribution in [2.45, 2.75) is 20.5 Å². The van der Waals surface area contributed by atoms with Gasteiger partial charge in [-0.25, -0.2) is 4.79 Å². The van der Waals surface area contributed by atoms with Gasteiger partial charge in [-0.15, -0.1) is 0 Å². The molecule has 0 fully saturated rings. The van der Waals surface area contributed by atoms with Crippen molar-refractivity contribution in [1.82, 2.24) is 10.1 Å². The number of ether oxygens (including phenoxy) is 3. The molecule has 3 rings (SSSR count). The molecule has 0 radical (unpaired) electrons. The lowest BCUT2D eigenvalue weighted by molar-refractivity contribution is -0.148. The molecule has 0 amide bonds. The van der Waals surface area contributed by atoms with Gasteiger partial charge in [-0.05, 0) is 49.2 Å². The van der Waals surface area contributed by atoms with Crippen molar-refractivity contribution in [1.29, 1.82) is 0 Å². The number of methoxy groups -OCH3 is 1. The van der Waals surface area contributed by atoms with Crippen LogP contribution in [0.1, 0.15) is 17.0 Å². The number of nitrogens with zero attached hydrogens (tertiary/aromatic N) is 2.